The van der Waals surface area contributed by atoms with Crippen LogP contribution in [0.25, 0.3) is 0 Å². The Morgan fingerprint density at radius 1 is 1.19 bits per heavy atom. The molecule has 0 bridgehead atoms. The Morgan fingerprint density at radius 2 is 1.76 bits per heavy atom. The minimum Gasteiger partial charge on any atom is -0.395 e. The first-order chi connectivity index (χ1) is 10.0. The summed E-state index contributed by atoms with van der Waals surface area (Å²) in [6.07, 6.45) is -0.953. The monoisotopic (exact) mass is 300 g/mol. The lowest BCUT2D eigenvalue weighted by Gasteiger charge is -2.17. The summed E-state index contributed by atoms with van der Waals surface area (Å²) in [5, 5.41) is 46.6. The second-order valence-electron chi connectivity index (χ2n) is 4.26. The van der Waals surface area contributed by atoms with Gasteiger partial charge in [-0.15, -0.1) is 0 Å². The van der Waals surface area contributed by atoms with E-state index in [0.29, 0.717) is 5.69 Å². The molecule has 1 unspecified atom stereocenters. The zero-order chi connectivity index (χ0) is 15.8. The van der Waals surface area contributed by atoms with Crippen LogP contribution in [0.5, 0.6) is 0 Å². The highest BCUT2D eigenvalue weighted by Crippen LogP contribution is 2.39. The summed E-state index contributed by atoms with van der Waals surface area (Å²) in [5.74, 6) is 0. The van der Waals surface area contributed by atoms with Gasteiger partial charge in [-0.2, -0.15) is 0 Å². The van der Waals surface area contributed by atoms with Gasteiger partial charge in [0.25, 0.3) is 0 Å². The number of nitrogens with one attached hydrogen (secondary N) is 3. The molecule has 0 aliphatic heterocycles. The fourth-order valence-corrected chi connectivity index (χ4v) is 1.82. The van der Waals surface area contributed by atoms with E-state index in [-0.39, 0.29) is 43.4 Å². The van der Waals surface area contributed by atoms with Crippen molar-refractivity contribution in [2.24, 2.45) is 0 Å². The molecule has 9 heteroatoms. The molecule has 0 aliphatic rings. The van der Waals surface area contributed by atoms with Gasteiger partial charge >= 0.3 is 5.69 Å². The summed E-state index contributed by atoms with van der Waals surface area (Å²) >= 11 is 0. The fourth-order valence-electron chi connectivity index (χ4n) is 1.82. The summed E-state index contributed by atoms with van der Waals surface area (Å²) in [5.41, 5.74) is 0.533. The maximum absolute atomic E-state index is 11.3. The molecule has 1 aromatic carbocycles. The van der Waals surface area contributed by atoms with Gasteiger partial charge < -0.3 is 31.3 Å². The van der Waals surface area contributed by atoms with Crippen LogP contribution in [-0.2, 0) is 0 Å². The van der Waals surface area contributed by atoms with E-state index < -0.39 is 11.2 Å². The molecule has 0 aliphatic carbocycles. The lowest BCUT2D eigenvalue weighted by Crippen LogP contribution is -2.17. The molecule has 6 N–H and O–H groups in total. The van der Waals surface area contributed by atoms with Crippen molar-refractivity contribution in [3.8, 4) is 0 Å². The van der Waals surface area contributed by atoms with Gasteiger partial charge in [0.05, 0.1) is 23.8 Å². The van der Waals surface area contributed by atoms with Crippen molar-refractivity contribution >= 4 is 22.7 Å². The number of benzene rings is 1. The zero-order valence-corrected chi connectivity index (χ0v) is 11.7. The predicted octanol–water partition coefficient (Wildman–Crippen LogP) is 0.153. The molecular formula is C12H20N4O5. The van der Waals surface area contributed by atoms with Crippen molar-refractivity contribution in [3.05, 3.63) is 22.2 Å². The van der Waals surface area contributed by atoms with Gasteiger partial charge in [0.2, 0.25) is 0 Å². The van der Waals surface area contributed by atoms with E-state index in [2.05, 4.69) is 16.0 Å². The minimum atomic E-state index is -0.953. The molecule has 1 atom stereocenters. The van der Waals surface area contributed by atoms with Crippen LogP contribution in [0.2, 0.25) is 0 Å². The Balaban J connectivity index is 3.27. The topological polar surface area (TPSA) is 140 Å². The third-order valence-corrected chi connectivity index (χ3v) is 2.57. The molecule has 1 rings (SSSR count). The highest BCUT2D eigenvalue weighted by atomic mass is 16.6. The van der Waals surface area contributed by atoms with Gasteiger partial charge in [-0.25, -0.2) is 0 Å². The molecule has 9 nitrogen and oxygen atoms in total. The molecular weight excluding hydrogens is 280 g/mol. The van der Waals surface area contributed by atoms with E-state index in [1.807, 2.05) is 0 Å². The van der Waals surface area contributed by atoms with Crippen molar-refractivity contribution in [1.29, 1.82) is 0 Å². The first-order valence-corrected chi connectivity index (χ1v) is 6.46. The molecule has 0 heterocycles. The third-order valence-electron chi connectivity index (χ3n) is 2.57. The number of nitro groups is 1. The van der Waals surface area contributed by atoms with Gasteiger partial charge in [0.15, 0.2) is 0 Å². The Hall–Kier alpha value is -2.10. The van der Waals surface area contributed by atoms with Gasteiger partial charge in [-0.05, 0) is 19.1 Å². The SMILES string of the molecule is CC(O)Nc1ccc(NCCO)c(NCCO)c1[N+](=O)[O-]. The molecule has 0 spiro atoms. The number of aliphatic hydroxyl groups is 3. The van der Waals surface area contributed by atoms with Gasteiger partial charge in [0.1, 0.15) is 17.6 Å². The smallest absolute Gasteiger partial charge is 0.317 e. The van der Waals surface area contributed by atoms with E-state index >= 15 is 0 Å². The highest BCUT2D eigenvalue weighted by Gasteiger charge is 2.23. The van der Waals surface area contributed by atoms with Crippen LogP contribution in [0, 0.1) is 10.1 Å². The maximum Gasteiger partial charge on any atom is 0.317 e. The average molecular weight is 300 g/mol. The largest absolute Gasteiger partial charge is 0.395 e. The second kappa shape index (κ2) is 8.25. The number of hydrogen-bond acceptors (Lipinski definition) is 8. The molecule has 0 amide bonds. The van der Waals surface area contributed by atoms with Crippen molar-refractivity contribution in [2.45, 2.75) is 13.2 Å². The molecule has 0 aromatic heterocycles. The standard InChI is InChI=1S/C12H20N4O5/c1-8(19)15-10-3-2-9(13-4-6-17)11(14-5-7-18)12(10)16(20)21/h2-3,8,13-15,17-19H,4-7H2,1H3. The van der Waals surface area contributed by atoms with Crippen molar-refractivity contribution < 1.29 is 20.2 Å². The van der Waals surface area contributed by atoms with Crippen LogP contribution in [0.3, 0.4) is 0 Å². The van der Waals surface area contributed by atoms with E-state index in [9.17, 15) is 15.2 Å². The summed E-state index contributed by atoms with van der Waals surface area (Å²) < 4.78 is 0. The number of rotatable bonds is 9. The molecule has 0 radical (unpaired) electrons. The molecule has 0 saturated carbocycles. The Bertz CT molecular complexity index is 481. The van der Waals surface area contributed by atoms with Crippen LogP contribution in [0.15, 0.2) is 12.1 Å². The Kier molecular flexibility index (Phi) is 6.66. The van der Waals surface area contributed by atoms with Gasteiger partial charge in [-0.3, -0.25) is 10.1 Å². The van der Waals surface area contributed by atoms with Gasteiger partial charge in [-0.1, -0.05) is 0 Å². The lowest BCUT2D eigenvalue weighted by atomic mass is 10.1. The number of aliphatic hydroxyl groups excluding tert-OH is 3. The molecule has 118 valence electrons. The number of nitrogens with zero attached hydrogens (tertiary/aromatic N) is 1. The van der Waals surface area contributed by atoms with Crippen molar-refractivity contribution in [3.63, 3.8) is 0 Å². The number of hydrogen-bond donors (Lipinski definition) is 6. The van der Waals surface area contributed by atoms with Crippen molar-refractivity contribution in [2.75, 3.05) is 42.3 Å². The fraction of sp³-hybridized carbons (Fsp3) is 0.500. The summed E-state index contributed by atoms with van der Waals surface area (Å²) in [6, 6.07) is 3.06. The Morgan fingerprint density at radius 3 is 2.29 bits per heavy atom. The van der Waals surface area contributed by atoms with Crippen molar-refractivity contribution in [1.82, 2.24) is 0 Å². The summed E-state index contributed by atoms with van der Waals surface area (Å²) in [6.45, 7) is 1.49. The first-order valence-electron chi connectivity index (χ1n) is 6.46. The second-order valence-corrected chi connectivity index (χ2v) is 4.26. The van der Waals surface area contributed by atoms with E-state index in [0.717, 1.165) is 0 Å². The number of nitro benzene ring substituents is 1. The Labute approximate surface area is 121 Å². The first kappa shape index (κ1) is 17.0. The normalized spacial score (nSPS) is 11.8. The third kappa shape index (κ3) is 4.74. The maximum atomic E-state index is 11.3. The van der Waals surface area contributed by atoms with E-state index in [1.165, 1.54) is 13.0 Å². The summed E-state index contributed by atoms with van der Waals surface area (Å²) in [4.78, 5) is 10.7. The zero-order valence-electron chi connectivity index (χ0n) is 11.7. The lowest BCUT2D eigenvalue weighted by molar-refractivity contribution is -0.383. The number of anilines is 3. The quantitative estimate of drug-likeness (QED) is 0.215. The van der Waals surface area contributed by atoms with Crippen LogP contribution in [-0.4, -0.2) is 52.8 Å². The molecule has 0 saturated heterocycles. The molecule has 21 heavy (non-hydrogen) atoms. The van der Waals surface area contributed by atoms with Crippen LogP contribution >= 0.6 is 0 Å². The van der Waals surface area contributed by atoms with Crippen LogP contribution in [0.1, 0.15) is 6.92 Å². The van der Waals surface area contributed by atoms with E-state index in [4.69, 9.17) is 10.2 Å². The van der Waals surface area contributed by atoms with E-state index in [1.54, 1.807) is 6.07 Å². The molecule has 1 aromatic rings. The van der Waals surface area contributed by atoms with Crippen LogP contribution in [0.4, 0.5) is 22.7 Å². The highest BCUT2D eigenvalue weighted by molar-refractivity contribution is 5.87. The average Bonchev–Trinajstić information content (AvgIpc) is 2.42. The van der Waals surface area contributed by atoms with Gasteiger partial charge in [0, 0.05) is 13.1 Å². The minimum absolute atomic E-state index is 0.124. The molecule has 0 fully saturated rings. The summed E-state index contributed by atoms with van der Waals surface area (Å²) in [7, 11) is 0. The van der Waals surface area contributed by atoms with Crippen LogP contribution < -0.4 is 16.0 Å². The predicted molar refractivity (Wildman–Crippen MR) is 79.6 cm³/mol.